The number of hydrogen-bond donors (Lipinski definition) is 1. The van der Waals surface area contributed by atoms with Gasteiger partial charge in [-0.3, -0.25) is 4.79 Å². The first-order chi connectivity index (χ1) is 13.4. The van der Waals surface area contributed by atoms with Crippen molar-refractivity contribution < 1.29 is 22.3 Å². The summed E-state index contributed by atoms with van der Waals surface area (Å²) in [7, 11) is -3.50. The fourth-order valence-electron chi connectivity index (χ4n) is 2.98. The lowest BCUT2D eigenvalue weighted by atomic mass is 10.2. The third kappa shape index (κ3) is 4.88. The maximum Gasteiger partial charge on any atom is 0.265 e. The Balaban J connectivity index is 1.61. The predicted octanol–water partition coefficient (Wildman–Crippen LogP) is 3.41. The number of nitrogens with zero attached hydrogens (tertiary/aromatic N) is 1. The van der Waals surface area contributed by atoms with E-state index in [9.17, 15) is 17.6 Å². The number of benzene rings is 2. The van der Waals surface area contributed by atoms with Gasteiger partial charge >= 0.3 is 0 Å². The number of carbonyl (C=O) groups excluding carboxylic acids is 1. The van der Waals surface area contributed by atoms with Crippen LogP contribution in [-0.4, -0.2) is 37.8 Å². The van der Waals surface area contributed by atoms with Gasteiger partial charge in [0.15, 0.2) is 6.10 Å². The molecule has 3 rings (SSSR count). The van der Waals surface area contributed by atoms with Crippen molar-refractivity contribution >= 4 is 21.6 Å². The molecule has 0 saturated carbocycles. The summed E-state index contributed by atoms with van der Waals surface area (Å²) < 4.78 is 45.2. The van der Waals surface area contributed by atoms with Gasteiger partial charge in [0, 0.05) is 18.8 Å². The molecule has 0 radical (unpaired) electrons. The molecule has 8 heteroatoms. The molecule has 1 atom stereocenters. The molecule has 0 bridgehead atoms. The van der Waals surface area contributed by atoms with Crippen molar-refractivity contribution in [3.05, 3.63) is 54.3 Å². The average Bonchev–Trinajstić information content (AvgIpc) is 2.70. The number of carbonyl (C=O) groups is 1. The van der Waals surface area contributed by atoms with Crippen LogP contribution in [0.25, 0.3) is 0 Å². The van der Waals surface area contributed by atoms with E-state index in [2.05, 4.69) is 5.32 Å². The van der Waals surface area contributed by atoms with Crippen LogP contribution >= 0.6 is 0 Å². The summed E-state index contributed by atoms with van der Waals surface area (Å²) in [5.74, 6) is -0.396. The molecule has 150 valence electrons. The molecule has 1 saturated heterocycles. The summed E-state index contributed by atoms with van der Waals surface area (Å²) in [6.45, 7) is 2.66. The molecule has 1 aliphatic heterocycles. The second-order valence-corrected chi connectivity index (χ2v) is 8.63. The van der Waals surface area contributed by atoms with Gasteiger partial charge < -0.3 is 10.1 Å². The summed E-state index contributed by atoms with van der Waals surface area (Å²) >= 11 is 0. The minimum Gasteiger partial charge on any atom is -0.481 e. The predicted molar refractivity (Wildman–Crippen MR) is 104 cm³/mol. The first kappa shape index (κ1) is 20.3. The molecule has 0 aliphatic carbocycles. The van der Waals surface area contributed by atoms with Crippen LogP contribution in [0.4, 0.5) is 10.1 Å². The second kappa shape index (κ2) is 8.70. The van der Waals surface area contributed by atoms with Crippen LogP contribution in [0.5, 0.6) is 5.75 Å². The van der Waals surface area contributed by atoms with Crippen LogP contribution in [0.15, 0.2) is 53.4 Å². The molecule has 28 heavy (non-hydrogen) atoms. The molecule has 6 nitrogen and oxygen atoms in total. The number of hydrogen-bond acceptors (Lipinski definition) is 4. The summed E-state index contributed by atoms with van der Waals surface area (Å²) in [6.07, 6.45) is 2.00. The zero-order chi connectivity index (χ0) is 20.1. The average molecular weight is 406 g/mol. The Morgan fingerprint density at radius 3 is 2.25 bits per heavy atom. The Morgan fingerprint density at radius 1 is 1.04 bits per heavy atom. The van der Waals surface area contributed by atoms with Gasteiger partial charge in [0.25, 0.3) is 5.91 Å². The lowest BCUT2D eigenvalue weighted by molar-refractivity contribution is -0.122. The molecule has 1 N–H and O–H groups in total. The minimum atomic E-state index is -3.50. The van der Waals surface area contributed by atoms with Crippen molar-refractivity contribution in [1.82, 2.24) is 4.31 Å². The van der Waals surface area contributed by atoms with Gasteiger partial charge in [-0.25, -0.2) is 12.8 Å². The minimum absolute atomic E-state index is 0.211. The monoisotopic (exact) mass is 406 g/mol. The highest BCUT2D eigenvalue weighted by Crippen LogP contribution is 2.22. The molecular formula is C20H23FN2O4S. The van der Waals surface area contributed by atoms with Crippen LogP contribution < -0.4 is 10.1 Å². The summed E-state index contributed by atoms with van der Waals surface area (Å²) in [4.78, 5) is 12.5. The number of rotatable bonds is 6. The Bertz CT molecular complexity index is 908. The fourth-order valence-corrected chi connectivity index (χ4v) is 4.50. The van der Waals surface area contributed by atoms with Crippen LogP contribution in [0, 0.1) is 5.82 Å². The Kier molecular flexibility index (Phi) is 6.31. The maximum atomic E-state index is 12.9. The van der Waals surface area contributed by atoms with Gasteiger partial charge in [-0.1, -0.05) is 6.42 Å². The summed E-state index contributed by atoms with van der Waals surface area (Å²) in [6, 6.07) is 11.5. The topological polar surface area (TPSA) is 75.7 Å². The smallest absolute Gasteiger partial charge is 0.265 e. The summed E-state index contributed by atoms with van der Waals surface area (Å²) in [5.41, 5.74) is 0.470. The van der Waals surface area contributed by atoms with E-state index < -0.39 is 22.0 Å². The Labute approximate surface area is 164 Å². The number of ether oxygens (including phenoxy) is 1. The van der Waals surface area contributed by atoms with Gasteiger partial charge in [-0.05, 0) is 68.3 Å². The van der Waals surface area contributed by atoms with Crippen molar-refractivity contribution in [2.24, 2.45) is 0 Å². The zero-order valence-electron chi connectivity index (χ0n) is 15.6. The van der Waals surface area contributed by atoms with E-state index in [0.717, 1.165) is 19.3 Å². The van der Waals surface area contributed by atoms with Crippen LogP contribution in [-0.2, 0) is 14.8 Å². The number of piperidine rings is 1. The molecule has 1 aliphatic rings. The van der Waals surface area contributed by atoms with Gasteiger partial charge in [0.05, 0.1) is 4.90 Å². The largest absolute Gasteiger partial charge is 0.481 e. The van der Waals surface area contributed by atoms with E-state index in [4.69, 9.17) is 4.74 Å². The molecule has 2 aromatic carbocycles. The molecule has 0 aromatic heterocycles. The van der Waals surface area contributed by atoms with Gasteiger partial charge in [-0.15, -0.1) is 0 Å². The number of amides is 1. The molecule has 1 fully saturated rings. The summed E-state index contributed by atoms with van der Waals surface area (Å²) in [5, 5.41) is 2.69. The van der Waals surface area contributed by atoms with Crippen molar-refractivity contribution in [3.8, 4) is 5.75 Å². The number of anilines is 1. The highest BCUT2D eigenvalue weighted by Gasteiger charge is 2.25. The quantitative estimate of drug-likeness (QED) is 0.798. The number of nitrogens with one attached hydrogen (secondary N) is 1. The first-order valence-electron chi connectivity index (χ1n) is 9.19. The molecule has 0 spiro atoms. The third-order valence-corrected chi connectivity index (χ3v) is 6.48. The first-order valence-corrected chi connectivity index (χ1v) is 10.6. The van der Waals surface area contributed by atoms with Crippen molar-refractivity contribution in [3.63, 3.8) is 0 Å². The highest BCUT2D eigenvalue weighted by atomic mass is 32.2. The second-order valence-electron chi connectivity index (χ2n) is 6.69. The highest BCUT2D eigenvalue weighted by molar-refractivity contribution is 7.89. The fraction of sp³-hybridized carbons (Fsp3) is 0.350. The standard InChI is InChI=1S/C20H23FN2O4S/c1-15(27-18-9-5-16(21)6-10-18)20(24)22-17-7-11-19(12-8-17)28(25,26)23-13-3-2-4-14-23/h5-12,15H,2-4,13-14H2,1H3,(H,22,24). The number of sulfonamides is 1. The van der Waals surface area contributed by atoms with Gasteiger partial charge in [-0.2, -0.15) is 4.31 Å². The Hall–Kier alpha value is -2.45. The molecule has 1 heterocycles. The van der Waals surface area contributed by atoms with E-state index in [1.807, 2.05) is 0 Å². The SMILES string of the molecule is CC(Oc1ccc(F)cc1)C(=O)Nc1ccc(S(=O)(=O)N2CCCCC2)cc1. The van der Waals surface area contributed by atoms with E-state index >= 15 is 0 Å². The Morgan fingerprint density at radius 2 is 1.64 bits per heavy atom. The molecule has 2 aromatic rings. The van der Waals surface area contributed by atoms with Crippen molar-refractivity contribution in [2.75, 3.05) is 18.4 Å². The lowest BCUT2D eigenvalue weighted by Gasteiger charge is -2.25. The lowest BCUT2D eigenvalue weighted by Crippen LogP contribution is -2.35. The van der Waals surface area contributed by atoms with Gasteiger partial charge in [0.1, 0.15) is 11.6 Å². The van der Waals surface area contributed by atoms with Crippen LogP contribution in [0.3, 0.4) is 0 Å². The van der Waals surface area contributed by atoms with Crippen LogP contribution in [0.2, 0.25) is 0 Å². The van der Waals surface area contributed by atoms with Gasteiger partial charge in [0.2, 0.25) is 10.0 Å². The maximum absolute atomic E-state index is 12.9. The zero-order valence-corrected chi connectivity index (χ0v) is 16.4. The normalized spacial score (nSPS) is 16.4. The molecule has 1 amide bonds. The van der Waals surface area contributed by atoms with Crippen molar-refractivity contribution in [1.29, 1.82) is 0 Å². The molecular weight excluding hydrogens is 383 g/mol. The third-order valence-electron chi connectivity index (χ3n) is 4.57. The van der Waals surface area contributed by atoms with E-state index in [-0.39, 0.29) is 10.7 Å². The number of halogens is 1. The van der Waals surface area contributed by atoms with E-state index in [1.54, 1.807) is 19.1 Å². The van der Waals surface area contributed by atoms with E-state index in [1.165, 1.54) is 40.7 Å². The van der Waals surface area contributed by atoms with E-state index in [0.29, 0.717) is 24.5 Å². The van der Waals surface area contributed by atoms with Crippen LogP contribution in [0.1, 0.15) is 26.2 Å². The molecule has 1 unspecified atom stereocenters. The van der Waals surface area contributed by atoms with Crippen molar-refractivity contribution in [2.45, 2.75) is 37.2 Å².